The summed E-state index contributed by atoms with van der Waals surface area (Å²) in [6, 6.07) is 19.5. The van der Waals surface area contributed by atoms with Gasteiger partial charge in [0.25, 0.3) is 5.91 Å². The Kier molecular flexibility index (Phi) is 6.81. The molecular weight excluding hydrogens is 392 g/mol. The second kappa shape index (κ2) is 9.71. The molecule has 0 bridgehead atoms. The summed E-state index contributed by atoms with van der Waals surface area (Å²) in [7, 11) is 0. The molecule has 1 amide bonds. The first kappa shape index (κ1) is 20.4. The molecule has 0 spiro atoms. The highest BCUT2D eigenvalue weighted by Crippen LogP contribution is 2.16. The summed E-state index contributed by atoms with van der Waals surface area (Å²) in [5, 5.41) is 3.02. The average molecular weight is 411 g/mol. The van der Waals surface area contributed by atoms with Gasteiger partial charge in [0.15, 0.2) is 6.10 Å². The number of nitrogens with zero attached hydrogens (tertiary/aromatic N) is 1. The van der Waals surface area contributed by atoms with Crippen LogP contribution in [0.2, 0.25) is 5.02 Å². The minimum Gasteiger partial charge on any atom is -0.489 e. The van der Waals surface area contributed by atoms with Crippen LogP contribution in [0.5, 0.6) is 5.75 Å². The first-order valence-corrected chi connectivity index (χ1v) is 9.29. The summed E-state index contributed by atoms with van der Waals surface area (Å²) in [5.41, 5.74) is 1.37. The normalized spacial score (nSPS) is 11.4. The van der Waals surface area contributed by atoms with Crippen molar-refractivity contribution in [3.63, 3.8) is 0 Å². The molecule has 0 fully saturated rings. The highest BCUT2D eigenvalue weighted by molar-refractivity contribution is 6.30. The Labute approximate surface area is 173 Å². The molecule has 148 valence electrons. The van der Waals surface area contributed by atoms with Crippen LogP contribution in [-0.4, -0.2) is 23.0 Å². The predicted molar refractivity (Wildman–Crippen MR) is 110 cm³/mol. The van der Waals surface area contributed by atoms with E-state index in [-0.39, 0.29) is 0 Å². The van der Waals surface area contributed by atoms with Crippen LogP contribution in [0.4, 0.5) is 5.82 Å². The van der Waals surface area contributed by atoms with Crippen LogP contribution >= 0.6 is 11.6 Å². The maximum Gasteiger partial charge on any atom is 0.338 e. The average Bonchev–Trinajstić information content (AvgIpc) is 2.75. The lowest BCUT2D eigenvalue weighted by Gasteiger charge is -2.13. The highest BCUT2D eigenvalue weighted by atomic mass is 35.5. The Morgan fingerprint density at radius 1 is 1.03 bits per heavy atom. The minimum atomic E-state index is -0.992. The van der Waals surface area contributed by atoms with Gasteiger partial charge in [-0.25, -0.2) is 9.78 Å². The lowest BCUT2D eigenvalue weighted by atomic mass is 10.2. The van der Waals surface area contributed by atoms with Crippen LogP contribution in [0.25, 0.3) is 0 Å². The number of amides is 1. The van der Waals surface area contributed by atoms with E-state index in [4.69, 9.17) is 21.1 Å². The third-order valence-electron chi connectivity index (χ3n) is 3.97. The van der Waals surface area contributed by atoms with E-state index < -0.39 is 18.0 Å². The number of esters is 1. The van der Waals surface area contributed by atoms with E-state index in [1.54, 1.807) is 36.4 Å². The van der Waals surface area contributed by atoms with Crippen molar-refractivity contribution >= 4 is 29.3 Å². The lowest BCUT2D eigenvalue weighted by Crippen LogP contribution is -2.30. The van der Waals surface area contributed by atoms with Gasteiger partial charge >= 0.3 is 5.97 Å². The number of aromatic nitrogens is 1. The van der Waals surface area contributed by atoms with Gasteiger partial charge in [0.1, 0.15) is 18.2 Å². The Balaban J connectivity index is 1.51. The summed E-state index contributed by atoms with van der Waals surface area (Å²) < 4.78 is 10.9. The standard InChI is InChI=1S/C22H19ClN2O4/c1-15(21(26)25-20-12-9-18(23)13-24-20)29-22(27)17-7-10-19(11-8-17)28-14-16-5-3-2-4-6-16/h2-13,15H,14H2,1H3,(H,24,25,26)/t15-/m0/s1. The molecule has 0 saturated heterocycles. The molecule has 0 radical (unpaired) electrons. The van der Waals surface area contributed by atoms with E-state index in [0.29, 0.717) is 28.8 Å². The molecule has 6 nitrogen and oxygen atoms in total. The van der Waals surface area contributed by atoms with Crippen LogP contribution in [0.3, 0.4) is 0 Å². The van der Waals surface area contributed by atoms with Crippen LogP contribution < -0.4 is 10.1 Å². The molecule has 0 saturated carbocycles. The summed E-state index contributed by atoms with van der Waals surface area (Å²) in [5.74, 6) is -0.144. The molecule has 2 aromatic carbocycles. The fourth-order valence-electron chi connectivity index (χ4n) is 2.39. The predicted octanol–water partition coefficient (Wildman–Crippen LogP) is 4.50. The van der Waals surface area contributed by atoms with Gasteiger partial charge in [-0.15, -0.1) is 0 Å². The summed E-state index contributed by atoms with van der Waals surface area (Å²) in [6.07, 6.45) is 0.420. The lowest BCUT2D eigenvalue weighted by molar-refractivity contribution is -0.123. The van der Waals surface area contributed by atoms with Gasteiger partial charge in [0.05, 0.1) is 10.6 Å². The number of rotatable bonds is 7. The minimum absolute atomic E-state index is 0.321. The molecule has 7 heteroatoms. The van der Waals surface area contributed by atoms with E-state index in [9.17, 15) is 9.59 Å². The van der Waals surface area contributed by atoms with E-state index in [2.05, 4.69) is 10.3 Å². The van der Waals surface area contributed by atoms with Crippen molar-refractivity contribution < 1.29 is 19.1 Å². The van der Waals surface area contributed by atoms with E-state index in [1.807, 2.05) is 30.3 Å². The van der Waals surface area contributed by atoms with Gasteiger partial charge < -0.3 is 14.8 Å². The zero-order chi connectivity index (χ0) is 20.6. The molecule has 29 heavy (non-hydrogen) atoms. The smallest absolute Gasteiger partial charge is 0.338 e. The maximum atomic E-state index is 12.3. The third-order valence-corrected chi connectivity index (χ3v) is 4.19. The fraction of sp³-hybridized carbons (Fsp3) is 0.136. The van der Waals surface area contributed by atoms with Crippen molar-refractivity contribution in [3.05, 3.63) is 89.1 Å². The zero-order valence-electron chi connectivity index (χ0n) is 15.7. The van der Waals surface area contributed by atoms with Gasteiger partial charge in [0, 0.05) is 6.20 Å². The molecule has 0 aliphatic rings. The quantitative estimate of drug-likeness (QED) is 0.580. The second-order valence-electron chi connectivity index (χ2n) is 6.20. The Morgan fingerprint density at radius 3 is 2.41 bits per heavy atom. The SMILES string of the molecule is C[C@H](OC(=O)c1ccc(OCc2ccccc2)cc1)C(=O)Nc1ccc(Cl)cn1. The molecular formula is C22H19ClN2O4. The number of halogens is 1. The Hall–Kier alpha value is -3.38. The van der Waals surface area contributed by atoms with Crippen LogP contribution in [0.1, 0.15) is 22.8 Å². The van der Waals surface area contributed by atoms with E-state index in [1.165, 1.54) is 13.1 Å². The van der Waals surface area contributed by atoms with Gasteiger partial charge in [-0.3, -0.25) is 4.79 Å². The monoisotopic (exact) mass is 410 g/mol. The number of carbonyl (C=O) groups excluding carboxylic acids is 2. The van der Waals surface area contributed by atoms with Crippen molar-refractivity contribution in [1.82, 2.24) is 4.98 Å². The number of ether oxygens (including phenoxy) is 2. The van der Waals surface area contributed by atoms with Crippen molar-refractivity contribution in [1.29, 1.82) is 0 Å². The molecule has 0 aliphatic carbocycles. The van der Waals surface area contributed by atoms with Crippen LogP contribution in [-0.2, 0) is 16.1 Å². The first-order valence-electron chi connectivity index (χ1n) is 8.91. The fourth-order valence-corrected chi connectivity index (χ4v) is 2.50. The third kappa shape index (κ3) is 6.05. The molecule has 0 unspecified atom stereocenters. The summed E-state index contributed by atoms with van der Waals surface area (Å²) in [6.45, 7) is 1.92. The van der Waals surface area contributed by atoms with Gasteiger partial charge in [-0.05, 0) is 48.9 Å². The summed E-state index contributed by atoms with van der Waals surface area (Å²) >= 11 is 5.76. The van der Waals surface area contributed by atoms with Crippen LogP contribution in [0.15, 0.2) is 72.9 Å². The number of anilines is 1. The van der Waals surface area contributed by atoms with Crippen molar-refractivity contribution in [3.8, 4) is 5.75 Å². The number of hydrogen-bond donors (Lipinski definition) is 1. The molecule has 1 N–H and O–H groups in total. The number of carbonyl (C=O) groups is 2. The van der Waals surface area contributed by atoms with Crippen molar-refractivity contribution in [2.45, 2.75) is 19.6 Å². The molecule has 1 aromatic heterocycles. The molecule has 0 aliphatic heterocycles. The topological polar surface area (TPSA) is 77.5 Å². The first-order chi connectivity index (χ1) is 14.0. The largest absolute Gasteiger partial charge is 0.489 e. The van der Waals surface area contributed by atoms with E-state index in [0.717, 1.165) is 5.56 Å². The van der Waals surface area contributed by atoms with Gasteiger partial charge in [-0.2, -0.15) is 0 Å². The Bertz CT molecular complexity index is 960. The van der Waals surface area contributed by atoms with Crippen molar-refractivity contribution in [2.75, 3.05) is 5.32 Å². The molecule has 3 rings (SSSR count). The maximum absolute atomic E-state index is 12.3. The molecule has 1 heterocycles. The Morgan fingerprint density at radius 2 is 1.76 bits per heavy atom. The number of hydrogen-bond acceptors (Lipinski definition) is 5. The molecule has 3 aromatic rings. The zero-order valence-corrected chi connectivity index (χ0v) is 16.4. The number of nitrogens with one attached hydrogen (secondary N) is 1. The van der Waals surface area contributed by atoms with Crippen molar-refractivity contribution in [2.24, 2.45) is 0 Å². The molecule has 1 atom stereocenters. The van der Waals surface area contributed by atoms with Gasteiger partial charge in [0.2, 0.25) is 0 Å². The highest BCUT2D eigenvalue weighted by Gasteiger charge is 2.19. The van der Waals surface area contributed by atoms with Gasteiger partial charge in [-0.1, -0.05) is 41.9 Å². The van der Waals surface area contributed by atoms with E-state index >= 15 is 0 Å². The van der Waals surface area contributed by atoms with Crippen LogP contribution in [0, 0.1) is 0 Å². The summed E-state index contributed by atoms with van der Waals surface area (Å²) in [4.78, 5) is 28.4. The number of benzene rings is 2. The second-order valence-corrected chi connectivity index (χ2v) is 6.63. The number of pyridine rings is 1.